The number of nitrogens with one attached hydrogen (secondary N) is 1. The molecule has 1 rings (SSSR count). The van der Waals surface area contributed by atoms with E-state index in [1.807, 2.05) is 0 Å². The summed E-state index contributed by atoms with van der Waals surface area (Å²) in [6, 6.07) is 3.40. The number of carbonyl (C=O) groups excluding carboxylic acids is 1. The molecule has 0 aliphatic carbocycles. The lowest BCUT2D eigenvalue weighted by atomic mass is 10.2. The van der Waals surface area contributed by atoms with Gasteiger partial charge in [-0.05, 0) is 11.6 Å². The van der Waals surface area contributed by atoms with Crippen LogP contribution >= 0.6 is 0 Å². The van der Waals surface area contributed by atoms with Crippen molar-refractivity contribution in [1.82, 2.24) is 4.98 Å². The number of nitrogens with zero attached hydrogens (tertiary/aromatic N) is 2. The van der Waals surface area contributed by atoms with Gasteiger partial charge in [-0.2, -0.15) is 0 Å². The van der Waals surface area contributed by atoms with Gasteiger partial charge in [0.2, 0.25) is 0 Å². The van der Waals surface area contributed by atoms with E-state index in [0.717, 1.165) is 11.9 Å². The molecular weight excluding hydrogens is 198 g/mol. The molecule has 0 spiro atoms. The summed E-state index contributed by atoms with van der Waals surface area (Å²) in [6.45, 7) is 0. The maximum Gasteiger partial charge on any atom is 0.310 e. The summed E-state index contributed by atoms with van der Waals surface area (Å²) < 4.78 is 4.51. The molecule has 0 aliphatic heterocycles. The lowest BCUT2D eigenvalue weighted by Gasteiger charge is -2.01. The molecule has 6 nitrogen and oxygen atoms in total. The molecule has 1 aromatic heterocycles. The van der Waals surface area contributed by atoms with Gasteiger partial charge in [-0.1, -0.05) is 11.2 Å². The van der Waals surface area contributed by atoms with E-state index in [4.69, 9.17) is 5.21 Å². The van der Waals surface area contributed by atoms with Crippen molar-refractivity contribution in [3.8, 4) is 0 Å². The van der Waals surface area contributed by atoms with Gasteiger partial charge in [-0.15, -0.1) is 0 Å². The normalized spacial score (nSPS) is 10.2. The lowest BCUT2D eigenvalue weighted by Crippen LogP contribution is -2.05. The van der Waals surface area contributed by atoms with Gasteiger partial charge < -0.3 is 15.3 Å². The van der Waals surface area contributed by atoms with E-state index in [1.54, 1.807) is 18.3 Å². The first-order valence-corrected chi connectivity index (χ1v) is 4.20. The number of anilines is 1. The molecule has 0 bridgehead atoms. The van der Waals surface area contributed by atoms with E-state index in [0.29, 0.717) is 5.82 Å². The summed E-state index contributed by atoms with van der Waals surface area (Å²) >= 11 is 0. The average molecular weight is 209 g/mol. The van der Waals surface area contributed by atoms with Crippen molar-refractivity contribution in [3.05, 3.63) is 23.9 Å². The van der Waals surface area contributed by atoms with Gasteiger partial charge in [0, 0.05) is 6.20 Å². The van der Waals surface area contributed by atoms with Crippen LogP contribution in [0, 0.1) is 0 Å². The summed E-state index contributed by atoms with van der Waals surface area (Å²) in [6.07, 6.45) is 2.84. The highest BCUT2D eigenvalue weighted by atomic mass is 16.5. The summed E-state index contributed by atoms with van der Waals surface area (Å²) in [7, 11) is 1.34. The van der Waals surface area contributed by atoms with Crippen molar-refractivity contribution in [2.75, 3.05) is 12.4 Å². The molecule has 0 aromatic carbocycles. The van der Waals surface area contributed by atoms with Crippen LogP contribution in [0.2, 0.25) is 0 Å². The molecule has 0 atom stereocenters. The Labute approximate surface area is 86.6 Å². The zero-order chi connectivity index (χ0) is 11.1. The van der Waals surface area contributed by atoms with E-state index in [-0.39, 0.29) is 12.4 Å². The third-order valence-electron chi connectivity index (χ3n) is 1.67. The second-order valence-electron chi connectivity index (χ2n) is 2.69. The first-order chi connectivity index (χ1) is 7.26. The maximum absolute atomic E-state index is 10.9. The van der Waals surface area contributed by atoms with Crippen molar-refractivity contribution in [2.24, 2.45) is 5.16 Å². The van der Waals surface area contributed by atoms with Crippen LogP contribution in [0.25, 0.3) is 0 Å². The van der Waals surface area contributed by atoms with Crippen molar-refractivity contribution in [2.45, 2.75) is 6.42 Å². The lowest BCUT2D eigenvalue weighted by molar-refractivity contribution is -0.139. The predicted molar refractivity (Wildman–Crippen MR) is 53.9 cm³/mol. The largest absolute Gasteiger partial charge is 0.469 e. The van der Waals surface area contributed by atoms with Gasteiger partial charge in [0.25, 0.3) is 0 Å². The Morgan fingerprint density at radius 3 is 3.07 bits per heavy atom. The quantitative estimate of drug-likeness (QED) is 0.250. The number of hydrogen-bond donors (Lipinski definition) is 2. The average Bonchev–Trinajstić information content (AvgIpc) is 2.28. The minimum Gasteiger partial charge on any atom is -0.469 e. The highest BCUT2D eigenvalue weighted by Crippen LogP contribution is 2.05. The van der Waals surface area contributed by atoms with Gasteiger partial charge >= 0.3 is 5.97 Å². The number of methoxy groups -OCH3 is 1. The Balaban J connectivity index is 2.59. The topological polar surface area (TPSA) is 83.8 Å². The predicted octanol–water partition coefficient (Wildman–Crippen LogP) is 0.626. The van der Waals surface area contributed by atoms with E-state index in [9.17, 15) is 4.79 Å². The molecular formula is C9H11N3O3. The summed E-state index contributed by atoms with van der Waals surface area (Å²) in [4.78, 5) is 14.9. The molecule has 0 saturated carbocycles. The van der Waals surface area contributed by atoms with Gasteiger partial charge in [0.15, 0.2) is 0 Å². The van der Waals surface area contributed by atoms with Crippen molar-refractivity contribution >= 4 is 18.1 Å². The molecule has 0 fully saturated rings. The highest BCUT2D eigenvalue weighted by Gasteiger charge is 2.02. The fourth-order valence-electron chi connectivity index (χ4n) is 0.948. The minimum absolute atomic E-state index is 0.192. The third kappa shape index (κ3) is 3.63. The number of oxime groups is 1. The maximum atomic E-state index is 10.9. The minimum atomic E-state index is -0.311. The Bertz CT molecular complexity index is 348. The molecule has 0 aliphatic rings. The van der Waals surface area contributed by atoms with Crippen LogP contribution in [0.15, 0.2) is 23.5 Å². The summed E-state index contributed by atoms with van der Waals surface area (Å²) in [5, 5.41) is 13.5. The van der Waals surface area contributed by atoms with E-state index in [2.05, 4.69) is 20.2 Å². The first kappa shape index (κ1) is 11.0. The molecule has 2 N–H and O–H groups in total. The Hall–Kier alpha value is -2.11. The number of esters is 1. The standard InChI is InChI=1S/C9H11N3O3/c1-15-9(13)4-7-2-3-8(10-5-7)11-6-12-14/h2-3,5-6,14H,4H2,1H3,(H,10,11,12). The fraction of sp³-hybridized carbons (Fsp3) is 0.222. The van der Waals surface area contributed by atoms with Crippen LogP contribution in [0.5, 0.6) is 0 Å². The molecule has 0 unspecified atom stereocenters. The van der Waals surface area contributed by atoms with Crippen LogP contribution in [-0.2, 0) is 16.0 Å². The zero-order valence-electron chi connectivity index (χ0n) is 8.17. The fourth-order valence-corrected chi connectivity index (χ4v) is 0.948. The van der Waals surface area contributed by atoms with Crippen molar-refractivity contribution < 1.29 is 14.7 Å². The monoisotopic (exact) mass is 209 g/mol. The summed E-state index contributed by atoms with van der Waals surface area (Å²) in [5.41, 5.74) is 0.758. The second kappa shape index (κ2) is 5.58. The number of pyridine rings is 1. The Morgan fingerprint density at radius 1 is 1.73 bits per heavy atom. The third-order valence-corrected chi connectivity index (χ3v) is 1.67. The zero-order valence-corrected chi connectivity index (χ0v) is 8.17. The van der Waals surface area contributed by atoms with Crippen molar-refractivity contribution in [3.63, 3.8) is 0 Å². The van der Waals surface area contributed by atoms with E-state index in [1.165, 1.54) is 7.11 Å². The van der Waals surface area contributed by atoms with Crippen LogP contribution < -0.4 is 5.32 Å². The second-order valence-corrected chi connectivity index (χ2v) is 2.69. The number of hydrogen-bond acceptors (Lipinski definition) is 5. The molecule has 6 heteroatoms. The number of aromatic nitrogens is 1. The molecule has 1 aromatic rings. The highest BCUT2D eigenvalue weighted by molar-refractivity contribution is 5.74. The molecule has 0 radical (unpaired) electrons. The van der Waals surface area contributed by atoms with Crippen LogP contribution in [-0.4, -0.2) is 29.6 Å². The van der Waals surface area contributed by atoms with E-state index >= 15 is 0 Å². The number of rotatable bonds is 4. The smallest absolute Gasteiger partial charge is 0.310 e. The van der Waals surface area contributed by atoms with Crippen LogP contribution in [0.4, 0.5) is 5.82 Å². The first-order valence-electron chi connectivity index (χ1n) is 4.20. The van der Waals surface area contributed by atoms with Crippen LogP contribution in [0.3, 0.4) is 0 Å². The van der Waals surface area contributed by atoms with Gasteiger partial charge in [0.1, 0.15) is 12.2 Å². The van der Waals surface area contributed by atoms with Gasteiger partial charge in [-0.3, -0.25) is 4.79 Å². The number of ether oxygens (including phenoxy) is 1. The van der Waals surface area contributed by atoms with Crippen LogP contribution in [0.1, 0.15) is 5.56 Å². The van der Waals surface area contributed by atoms with Crippen molar-refractivity contribution in [1.29, 1.82) is 0 Å². The SMILES string of the molecule is COC(=O)Cc1ccc(N/C=N/O)nc1. The van der Waals surface area contributed by atoms with Gasteiger partial charge in [0.05, 0.1) is 13.5 Å². The number of carbonyl (C=O) groups is 1. The Kier molecular flexibility index (Phi) is 4.08. The Morgan fingerprint density at radius 2 is 2.53 bits per heavy atom. The molecule has 80 valence electrons. The van der Waals surface area contributed by atoms with Gasteiger partial charge in [-0.25, -0.2) is 4.98 Å². The molecule has 0 saturated heterocycles. The molecule has 15 heavy (non-hydrogen) atoms. The van der Waals surface area contributed by atoms with E-state index < -0.39 is 0 Å². The molecule has 0 amide bonds. The summed E-state index contributed by atoms with van der Waals surface area (Å²) in [5.74, 6) is 0.218. The molecule has 1 heterocycles.